The maximum atomic E-state index is 12.6. The van der Waals surface area contributed by atoms with E-state index in [9.17, 15) is 4.79 Å². The summed E-state index contributed by atoms with van der Waals surface area (Å²) in [5.74, 6) is -0.263. The number of fused-ring (bicyclic) bond motifs is 2. The Balaban J connectivity index is 2.01. The van der Waals surface area contributed by atoms with E-state index in [1.807, 2.05) is 41.0 Å². The third-order valence-corrected chi connectivity index (χ3v) is 4.29. The van der Waals surface area contributed by atoms with Crippen LogP contribution < -0.4 is 15.8 Å². The molecular formula is C19H16N6O2. The minimum Gasteiger partial charge on any atom is -0.497 e. The molecule has 0 spiro atoms. The summed E-state index contributed by atoms with van der Waals surface area (Å²) in [6.07, 6.45) is 3.35. The lowest BCUT2D eigenvalue weighted by Crippen LogP contribution is -2.35. The minimum atomic E-state index is -0.467. The number of carbonyl (C=O) groups is 1. The van der Waals surface area contributed by atoms with Crippen molar-refractivity contribution in [2.24, 2.45) is 5.73 Å². The van der Waals surface area contributed by atoms with E-state index in [2.05, 4.69) is 15.5 Å². The molecule has 0 aliphatic rings. The topological polar surface area (TPSA) is 119 Å². The van der Waals surface area contributed by atoms with Crippen molar-refractivity contribution in [3.05, 3.63) is 60.4 Å². The zero-order valence-electron chi connectivity index (χ0n) is 14.4. The summed E-state index contributed by atoms with van der Waals surface area (Å²) in [5.41, 5.74) is 8.03. The molecule has 2 heterocycles. The number of hydrogen-bond donors (Lipinski definition) is 3. The fourth-order valence-corrected chi connectivity index (χ4v) is 3.09. The largest absolute Gasteiger partial charge is 0.497 e. The molecule has 8 heteroatoms. The van der Waals surface area contributed by atoms with Gasteiger partial charge in [0.1, 0.15) is 5.75 Å². The molecule has 0 saturated heterocycles. The van der Waals surface area contributed by atoms with Gasteiger partial charge < -0.3 is 15.0 Å². The quantitative estimate of drug-likeness (QED) is 0.382. The van der Waals surface area contributed by atoms with Crippen LogP contribution in [0, 0.1) is 5.41 Å². The number of nitrogens with zero attached hydrogens (tertiary/aromatic N) is 3. The van der Waals surface area contributed by atoms with Gasteiger partial charge in [0.2, 0.25) is 0 Å². The lowest BCUT2D eigenvalue weighted by Gasteiger charge is -2.08. The minimum absolute atomic E-state index is 0.375. The average molecular weight is 360 g/mol. The lowest BCUT2D eigenvalue weighted by molar-refractivity contribution is 0.0978. The van der Waals surface area contributed by atoms with Gasteiger partial charge in [0.15, 0.2) is 5.96 Å². The zero-order chi connectivity index (χ0) is 19.0. The molecule has 0 unspecified atom stereocenters. The summed E-state index contributed by atoms with van der Waals surface area (Å²) in [6, 6.07) is 13.1. The summed E-state index contributed by atoms with van der Waals surface area (Å²) >= 11 is 0. The summed E-state index contributed by atoms with van der Waals surface area (Å²) in [4.78, 5) is 12.6. The first-order chi connectivity index (χ1) is 13.1. The van der Waals surface area contributed by atoms with Crippen molar-refractivity contribution in [1.82, 2.24) is 20.1 Å². The first-order valence-corrected chi connectivity index (χ1v) is 8.14. The van der Waals surface area contributed by atoms with Crippen LogP contribution >= 0.6 is 0 Å². The van der Waals surface area contributed by atoms with Gasteiger partial charge in [-0.3, -0.25) is 15.5 Å². The van der Waals surface area contributed by atoms with Crippen LogP contribution in [-0.4, -0.2) is 33.7 Å². The van der Waals surface area contributed by atoms with Gasteiger partial charge in [-0.15, -0.1) is 0 Å². The Hall–Kier alpha value is -3.94. The molecule has 0 fully saturated rings. The normalized spacial score (nSPS) is 10.9. The molecule has 2 aromatic heterocycles. The van der Waals surface area contributed by atoms with Crippen molar-refractivity contribution in [1.29, 1.82) is 5.41 Å². The van der Waals surface area contributed by atoms with Gasteiger partial charge in [0, 0.05) is 17.0 Å². The molecule has 0 aliphatic carbocycles. The van der Waals surface area contributed by atoms with Crippen LogP contribution in [0.15, 0.2) is 54.9 Å². The number of benzene rings is 2. The fourth-order valence-electron chi connectivity index (χ4n) is 3.09. The Labute approximate surface area is 154 Å². The fraction of sp³-hybridized carbons (Fsp3) is 0.0526. The number of nitrogens with one attached hydrogen (secondary N) is 2. The Kier molecular flexibility index (Phi) is 3.92. The number of rotatable bonds is 3. The van der Waals surface area contributed by atoms with Gasteiger partial charge in [-0.25, -0.2) is 0 Å². The Bertz CT molecular complexity index is 1190. The molecule has 0 saturated carbocycles. The molecule has 134 valence electrons. The van der Waals surface area contributed by atoms with Crippen molar-refractivity contribution >= 4 is 33.7 Å². The standard InChI is InChI=1S/C19H16N6O2/c1-27-11-6-7-16-13(8-11)14(18(26)23-19(20)21)10-25(16)17-9-22-24-15-5-3-2-4-12(15)17/h2-10H,1H3,(H4,20,21,23,26). The van der Waals surface area contributed by atoms with Gasteiger partial charge >= 0.3 is 0 Å². The third kappa shape index (κ3) is 2.82. The summed E-state index contributed by atoms with van der Waals surface area (Å²) < 4.78 is 7.17. The van der Waals surface area contributed by atoms with Crippen LogP contribution in [0.1, 0.15) is 10.4 Å². The maximum absolute atomic E-state index is 12.6. The van der Waals surface area contributed by atoms with Crippen molar-refractivity contribution in [3.8, 4) is 11.4 Å². The van der Waals surface area contributed by atoms with E-state index < -0.39 is 11.9 Å². The number of amides is 1. The third-order valence-electron chi connectivity index (χ3n) is 4.29. The number of nitrogens with two attached hydrogens (primary N) is 1. The number of aromatic nitrogens is 3. The van der Waals surface area contributed by atoms with E-state index in [0.717, 1.165) is 22.1 Å². The molecule has 4 N–H and O–H groups in total. The molecule has 4 rings (SSSR count). The number of guanidine groups is 1. The van der Waals surface area contributed by atoms with Gasteiger partial charge in [-0.2, -0.15) is 10.2 Å². The van der Waals surface area contributed by atoms with Gasteiger partial charge in [0.05, 0.1) is 35.6 Å². The molecule has 2 aromatic carbocycles. The van der Waals surface area contributed by atoms with E-state index in [1.54, 1.807) is 25.6 Å². The van der Waals surface area contributed by atoms with Crippen LogP contribution in [0.4, 0.5) is 0 Å². The highest BCUT2D eigenvalue weighted by Crippen LogP contribution is 2.30. The molecule has 0 atom stereocenters. The highest BCUT2D eigenvalue weighted by atomic mass is 16.5. The number of methoxy groups -OCH3 is 1. The van der Waals surface area contributed by atoms with Crippen LogP contribution in [0.5, 0.6) is 5.75 Å². The van der Waals surface area contributed by atoms with Crippen LogP contribution in [0.25, 0.3) is 27.5 Å². The van der Waals surface area contributed by atoms with Crippen molar-refractivity contribution < 1.29 is 9.53 Å². The number of ether oxygens (including phenoxy) is 1. The number of hydrogen-bond acceptors (Lipinski definition) is 5. The second-order valence-electron chi connectivity index (χ2n) is 5.91. The zero-order valence-corrected chi connectivity index (χ0v) is 14.4. The molecule has 27 heavy (non-hydrogen) atoms. The Morgan fingerprint density at radius 1 is 1.22 bits per heavy atom. The van der Waals surface area contributed by atoms with Crippen LogP contribution in [0.2, 0.25) is 0 Å². The molecule has 1 amide bonds. The highest BCUT2D eigenvalue weighted by Gasteiger charge is 2.18. The second-order valence-corrected chi connectivity index (χ2v) is 5.91. The number of carbonyl (C=O) groups excluding carboxylic acids is 1. The molecule has 0 aliphatic heterocycles. The predicted octanol–water partition coefficient (Wildman–Crippen LogP) is 2.21. The van der Waals surface area contributed by atoms with Gasteiger partial charge in [-0.1, -0.05) is 18.2 Å². The van der Waals surface area contributed by atoms with Crippen molar-refractivity contribution in [2.45, 2.75) is 0 Å². The van der Waals surface area contributed by atoms with Gasteiger partial charge in [-0.05, 0) is 24.3 Å². The first kappa shape index (κ1) is 16.5. The molecule has 0 radical (unpaired) electrons. The Morgan fingerprint density at radius 3 is 2.81 bits per heavy atom. The van der Waals surface area contributed by atoms with E-state index in [4.69, 9.17) is 15.9 Å². The SMILES string of the molecule is COc1ccc2c(c1)c(C(=O)NC(=N)N)cn2-c1cnnc2ccccc12. The van der Waals surface area contributed by atoms with E-state index in [0.29, 0.717) is 16.7 Å². The van der Waals surface area contributed by atoms with E-state index in [-0.39, 0.29) is 0 Å². The monoisotopic (exact) mass is 360 g/mol. The predicted molar refractivity (Wildman–Crippen MR) is 102 cm³/mol. The van der Waals surface area contributed by atoms with Crippen LogP contribution in [-0.2, 0) is 0 Å². The van der Waals surface area contributed by atoms with E-state index in [1.165, 1.54) is 0 Å². The van der Waals surface area contributed by atoms with Crippen molar-refractivity contribution in [2.75, 3.05) is 7.11 Å². The van der Waals surface area contributed by atoms with Crippen molar-refractivity contribution in [3.63, 3.8) is 0 Å². The Morgan fingerprint density at radius 2 is 2.04 bits per heavy atom. The average Bonchev–Trinajstić information content (AvgIpc) is 3.05. The first-order valence-electron chi connectivity index (χ1n) is 8.14. The maximum Gasteiger partial charge on any atom is 0.260 e. The summed E-state index contributed by atoms with van der Waals surface area (Å²) in [7, 11) is 1.56. The summed E-state index contributed by atoms with van der Waals surface area (Å²) in [5, 5.41) is 19.5. The molecule has 0 bridgehead atoms. The van der Waals surface area contributed by atoms with E-state index >= 15 is 0 Å². The van der Waals surface area contributed by atoms with Gasteiger partial charge in [0.25, 0.3) is 5.91 Å². The summed E-state index contributed by atoms with van der Waals surface area (Å²) in [6.45, 7) is 0. The molecular weight excluding hydrogens is 344 g/mol. The lowest BCUT2D eigenvalue weighted by atomic mass is 10.1. The molecule has 8 nitrogen and oxygen atoms in total. The molecule has 4 aromatic rings. The second kappa shape index (κ2) is 6.41. The smallest absolute Gasteiger partial charge is 0.260 e. The highest BCUT2D eigenvalue weighted by molar-refractivity contribution is 6.13. The van der Waals surface area contributed by atoms with Crippen LogP contribution in [0.3, 0.4) is 0 Å².